The van der Waals surface area contributed by atoms with Gasteiger partial charge >= 0.3 is 0 Å². The lowest BCUT2D eigenvalue weighted by atomic mass is 10.3. The highest BCUT2D eigenvalue weighted by atomic mass is 35.5. The third kappa shape index (κ3) is 2.36. The van der Waals surface area contributed by atoms with E-state index in [0.717, 1.165) is 27.4 Å². The Morgan fingerprint density at radius 1 is 1.32 bits per heavy atom. The molecule has 1 N–H and O–H groups in total. The fraction of sp³-hybridized carbons (Fsp3) is 0.214. The molecule has 0 saturated carbocycles. The number of fused-ring (bicyclic) bond motifs is 1. The molecule has 2 heterocycles. The second-order valence-corrected chi connectivity index (χ2v) is 6.79. The van der Waals surface area contributed by atoms with Crippen molar-refractivity contribution in [1.82, 2.24) is 9.55 Å². The van der Waals surface area contributed by atoms with Crippen molar-refractivity contribution in [3.05, 3.63) is 49.4 Å². The molecule has 3 rings (SSSR count). The predicted molar refractivity (Wildman–Crippen MR) is 85.0 cm³/mol. The number of thiophene rings is 1. The van der Waals surface area contributed by atoms with E-state index in [2.05, 4.69) is 29.5 Å². The van der Waals surface area contributed by atoms with E-state index in [1.54, 1.807) is 0 Å². The second-order valence-electron chi connectivity index (χ2n) is 4.63. The van der Waals surface area contributed by atoms with E-state index in [9.17, 15) is 0 Å². The van der Waals surface area contributed by atoms with Gasteiger partial charge in [-0.05, 0) is 55.9 Å². The Bertz CT molecular complexity index is 791. The number of rotatable bonds is 2. The topological polar surface area (TPSA) is 20.7 Å². The predicted octanol–water partition coefficient (Wildman–Crippen LogP) is 5.08. The Morgan fingerprint density at radius 3 is 2.79 bits per heavy atom. The van der Waals surface area contributed by atoms with E-state index in [4.69, 9.17) is 23.8 Å². The summed E-state index contributed by atoms with van der Waals surface area (Å²) in [6, 6.07) is 8.05. The zero-order chi connectivity index (χ0) is 13.6. The molecule has 0 unspecified atom stereocenters. The molecule has 0 bridgehead atoms. The molecule has 0 atom stereocenters. The van der Waals surface area contributed by atoms with Gasteiger partial charge in [-0.1, -0.05) is 11.6 Å². The smallest absolute Gasteiger partial charge is 0.178 e. The van der Waals surface area contributed by atoms with Crippen LogP contribution in [0.4, 0.5) is 0 Å². The number of H-pyrrole nitrogens is 1. The molecule has 0 aliphatic rings. The summed E-state index contributed by atoms with van der Waals surface area (Å²) >= 11 is 13.2. The standard InChI is InChI=1S/C14H13ClN2S2/c1-8-5-11(19-9(8)2)7-17-13-4-3-10(15)6-12(13)16-14(17)18/h3-6H,7H2,1-2H3,(H,16,18). The Hall–Kier alpha value is -1.10. The molecule has 19 heavy (non-hydrogen) atoms. The molecule has 0 amide bonds. The molecule has 0 aliphatic heterocycles. The van der Waals surface area contributed by atoms with Crippen LogP contribution in [-0.4, -0.2) is 9.55 Å². The number of hydrogen-bond donors (Lipinski definition) is 1. The summed E-state index contributed by atoms with van der Waals surface area (Å²) in [4.78, 5) is 5.89. The van der Waals surface area contributed by atoms with Crippen molar-refractivity contribution >= 4 is 46.2 Å². The van der Waals surface area contributed by atoms with E-state index in [1.807, 2.05) is 29.5 Å². The number of nitrogens with one attached hydrogen (secondary N) is 1. The maximum Gasteiger partial charge on any atom is 0.178 e. The first-order valence-corrected chi connectivity index (χ1v) is 7.59. The maximum atomic E-state index is 6.00. The summed E-state index contributed by atoms with van der Waals surface area (Å²) in [5.74, 6) is 0. The second kappa shape index (κ2) is 4.78. The van der Waals surface area contributed by atoms with Crippen LogP contribution in [0.1, 0.15) is 15.3 Å². The SMILES string of the molecule is Cc1cc(Cn2c(=S)[nH]c3cc(Cl)ccc32)sc1C. The first kappa shape index (κ1) is 12.9. The van der Waals surface area contributed by atoms with Crippen LogP contribution in [0, 0.1) is 18.6 Å². The number of imidazole rings is 1. The molecule has 2 aromatic heterocycles. The highest BCUT2D eigenvalue weighted by molar-refractivity contribution is 7.71. The normalized spacial score (nSPS) is 11.3. The Kier molecular flexibility index (Phi) is 3.25. The lowest BCUT2D eigenvalue weighted by Crippen LogP contribution is -1.97. The van der Waals surface area contributed by atoms with Crippen LogP contribution in [-0.2, 0) is 6.54 Å². The zero-order valence-electron chi connectivity index (χ0n) is 10.7. The van der Waals surface area contributed by atoms with Gasteiger partial charge in [-0.15, -0.1) is 11.3 Å². The molecule has 5 heteroatoms. The fourth-order valence-electron chi connectivity index (χ4n) is 2.18. The average molecular weight is 309 g/mol. The molecule has 0 fully saturated rings. The Balaban J connectivity index is 2.10. The van der Waals surface area contributed by atoms with Crippen molar-refractivity contribution in [3.63, 3.8) is 0 Å². The van der Waals surface area contributed by atoms with Crippen LogP contribution < -0.4 is 0 Å². The summed E-state index contributed by atoms with van der Waals surface area (Å²) < 4.78 is 2.85. The van der Waals surface area contributed by atoms with E-state index in [1.165, 1.54) is 15.3 Å². The lowest BCUT2D eigenvalue weighted by molar-refractivity contribution is 0.823. The van der Waals surface area contributed by atoms with Gasteiger partial charge in [-0.25, -0.2) is 0 Å². The van der Waals surface area contributed by atoms with Crippen molar-refractivity contribution in [2.75, 3.05) is 0 Å². The fourth-order valence-corrected chi connectivity index (χ4v) is 3.66. The number of aryl methyl sites for hydroxylation is 2. The van der Waals surface area contributed by atoms with Gasteiger partial charge in [0.15, 0.2) is 4.77 Å². The van der Waals surface area contributed by atoms with Crippen molar-refractivity contribution in [2.45, 2.75) is 20.4 Å². The van der Waals surface area contributed by atoms with E-state index in [0.29, 0.717) is 0 Å². The van der Waals surface area contributed by atoms with Crippen molar-refractivity contribution < 1.29 is 0 Å². The summed E-state index contributed by atoms with van der Waals surface area (Å²) in [7, 11) is 0. The van der Waals surface area contributed by atoms with Crippen LogP contribution in [0.25, 0.3) is 11.0 Å². The minimum absolute atomic E-state index is 0.721. The van der Waals surface area contributed by atoms with Gasteiger partial charge in [0.25, 0.3) is 0 Å². The van der Waals surface area contributed by atoms with Gasteiger partial charge in [0.1, 0.15) is 0 Å². The highest BCUT2D eigenvalue weighted by Crippen LogP contribution is 2.24. The van der Waals surface area contributed by atoms with Gasteiger partial charge in [0, 0.05) is 14.8 Å². The molecule has 1 aromatic carbocycles. The molecule has 3 aromatic rings. The third-order valence-corrected chi connectivity index (χ3v) is 4.96. The van der Waals surface area contributed by atoms with Crippen LogP contribution in [0.15, 0.2) is 24.3 Å². The van der Waals surface area contributed by atoms with Gasteiger partial charge in [0.2, 0.25) is 0 Å². The molecule has 0 saturated heterocycles. The van der Waals surface area contributed by atoms with Crippen LogP contribution >= 0.6 is 35.2 Å². The lowest BCUT2D eigenvalue weighted by Gasteiger charge is -2.02. The minimum Gasteiger partial charge on any atom is -0.331 e. The van der Waals surface area contributed by atoms with Crippen LogP contribution in [0.3, 0.4) is 0 Å². The van der Waals surface area contributed by atoms with Gasteiger partial charge in [-0.2, -0.15) is 0 Å². The number of hydrogen-bond acceptors (Lipinski definition) is 2. The van der Waals surface area contributed by atoms with Gasteiger partial charge in [-0.3, -0.25) is 0 Å². The van der Waals surface area contributed by atoms with Crippen molar-refractivity contribution in [3.8, 4) is 0 Å². The Labute approximate surface area is 125 Å². The minimum atomic E-state index is 0.721. The number of halogens is 1. The molecule has 0 spiro atoms. The van der Waals surface area contributed by atoms with Crippen molar-refractivity contribution in [2.24, 2.45) is 0 Å². The largest absolute Gasteiger partial charge is 0.331 e. The average Bonchev–Trinajstić information content (AvgIpc) is 2.81. The van der Waals surface area contributed by atoms with E-state index < -0.39 is 0 Å². The quantitative estimate of drug-likeness (QED) is 0.655. The number of nitrogens with zero attached hydrogens (tertiary/aromatic N) is 1. The first-order chi connectivity index (χ1) is 9.04. The maximum absolute atomic E-state index is 6.00. The molecule has 0 aliphatic carbocycles. The highest BCUT2D eigenvalue weighted by Gasteiger charge is 2.08. The van der Waals surface area contributed by atoms with Gasteiger partial charge < -0.3 is 9.55 Å². The molecule has 0 radical (unpaired) electrons. The summed E-state index contributed by atoms with van der Waals surface area (Å²) in [5.41, 5.74) is 3.43. The summed E-state index contributed by atoms with van der Waals surface area (Å²) in [6.45, 7) is 5.10. The zero-order valence-corrected chi connectivity index (χ0v) is 13.0. The van der Waals surface area contributed by atoms with Crippen LogP contribution in [0.2, 0.25) is 5.02 Å². The third-order valence-electron chi connectivity index (χ3n) is 3.27. The van der Waals surface area contributed by atoms with Gasteiger partial charge in [0.05, 0.1) is 17.6 Å². The Morgan fingerprint density at radius 2 is 2.11 bits per heavy atom. The molecular weight excluding hydrogens is 296 g/mol. The monoisotopic (exact) mass is 308 g/mol. The summed E-state index contributed by atoms with van der Waals surface area (Å²) in [6.07, 6.45) is 0. The molecular formula is C14H13ClN2S2. The van der Waals surface area contributed by atoms with E-state index in [-0.39, 0.29) is 0 Å². The van der Waals surface area contributed by atoms with Crippen LogP contribution in [0.5, 0.6) is 0 Å². The molecule has 98 valence electrons. The summed E-state index contributed by atoms with van der Waals surface area (Å²) in [5, 5.41) is 0.721. The van der Waals surface area contributed by atoms with E-state index >= 15 is 0 Å². The number of aromatic nitrogens is 2. The number of benzene rings is 1. The first-order valence-electron chi connectivity index (χ1n) is 5.98. The van der Waals surface area contributed by atoms with Crippen molar-refractivity contribution in [1.29, 1.82) is 0 Å². The number of aromatic amines is 1. The molecule has 2 nitrogen and oxygen atoms in total.